The zero-order valence-electron chi connectivity index (χ0n) is 22.3. The Bertz CT molecular complexity index is 2070. The molecule has 0 atom stereocenters. The number of hydrogen-bond donors (Lipinski definition) is 0. The predicted molar refractivity (Wildman–Crippen MR) is 181 cm³/mol. The first-order valence-corrected chi connectivity index (χ1v) is 15.3. The van der Waals surface area contributed by atoms with Crippen LogP contribution in [0, 0.1) is 0 Å². The summed E-state index contributed by atoms with van der Waals surface area (Å²) >= 11 is 7.94. The molecule has 8 rings (SSSR count). The predicted octanol–water partition coefficient (Wildman–Crippen LogP) is 12.5. The maximum atomic E-state index is 6.85. The third-order valence-electron chi connectivity index (χ3n) is 7.81. The number of furan rings is 2. The molecule has 0 aliphatic carbocycles. The molecule has 0 unspecified atom stereocenters. The third-order valence-corrected chi connectivity index (χ3v) is 9.06. The Kier molecular flexibility index (Phi) is 6.13. The van der Waals surface area contributed by atoms with Gasteiger partial charge in [-0.3, -0.25) is 0 Å². The molecule has 0 spiro atoms. The minimum atomic E-state index is 0.818. The number of benzene rings is 6. The van der Waals surface area contributed by atoms with Crippen molar-refractivity contribution in [3.63, 3.8) is 0 Å². The van der Waals surface area contributed by atoms with E-state index in [-0.39, 0.29) is 0 Å². The standard InChI is InChI=1S/C38H22Br2O2/c39-29-21-27-31(23-13-5-1-6-14-23)35(25-17-9-3-10-18-25)41-37(27)33-30(40)22-28-32(24-15-7-2-8-16-24)36(42-38(28)34(29)33)26-19-11-4-12-20-26/h1-22H. The van der Waals surface area contributed by atoms with E-state index in [2.05, 4.69) is 117 Å². The Morgan fingerprint density at radius 2 is 0.690 bits per heavy atom. The lowest BCUT2D eigenvalue weighted by atomic mass is 9.95. The lowest BCUT2D eigenvalue weighted by Gasteiger charge is -2.08. The minimum Gasteiger partial charge on any atom is -0.455 e. The van der Waals surface area contributed by atoms with Crippen molar-refractivity contribution in [2.75, 3.05) is 0 Å². The zero-order valence-corrected chi connectivity index (χ0v) is 25.4. The van der Waals surface area contributed by atoms with Gasteiger partial charge in [0.25, 0.3) is 0 Å². The first-order chi connectivity index (χ1) is 20.7. The van der Waals surface area contributed by atoms with Crippen LogP contribution in [-0.4, -0.2) is 0 Å². The van der Waals surface area contributed by atoms with Crippen LogP contribution < -0.4 is 0 Å². The quantitative estimate of drug-likeness (QED) is 0.186. The Labute approximate surface area is 259 Å². The van der Waals surface area contributed by atoms with Crippen LogP contribution in [0.2, 0.25) is 0 Å². The highest BCUT2D eigenvalue weighted by Gasteiger charge is 2.26. The summed E-state index contributed by atoms with van der Waals surface area (Å²) in [6.07, 6.45) is 0. The zero-order chi connectivity index (χ0) is 28.2. The first kappa shape index (κ1) is 25.3. The maximum absolute atomic E-state index is 6.85. The van der Waals surface area contributed by atoms with Crippen molar-refractivity contribution in [2.24, 2.45) is 0 Å². The lowest BCUT2D eigenvalue weighted by Crippen LogP contribution is -1.84. The molecule has 0 N–H and O–H groups in total. The molecule has 4 heteroatoms. The van der Waals surface area contributed by atoms with Crippen molar-refractivity contribution in [2.45, 2.75) is 0 Å². The fraction of sp³-hybridized carbons (Fsp3) is 0. The summed E-state index contributed by atoms with van der Waals surface area (Å²) in [5.41, 5.74) is 8.05. The summed E-state index contributed by atoms with van der Waals surface area (Å²) in [6.45, 7) is 0. The molecule has 0 fully saturated rings. The minimum absolute atomic E-state index is 0.818. The van der Waals surface area contributed by atoms with Crippen LogP contribution in [0.3, 0.4) is 0 Å². The van der Waals surface area contributed by atoms with Crippen LogP contribution in [0.5, 0.6) is 0 Å². The molecule has 6 aromatic carbocycles. The summed E-state index contributed by atoms with van der Waals surface area (Å²) in [6, 6.07) is 45.9. The van der Waals surface area contributed by atoms with Crippen LogP contribution >= 0.6 is 31.9 Å². The second kappa shape index (κ2) is 10.2. The fourth-order valence-electron chi connectivity index (χ4n) is 5.98. The van der Waals surface area contributed by atoms with Crippen molar-refractivity contribution in [3.8, 4) is 44.9 Å². The van der Waals surface area contributed by atoms with Crippen LogP contribution in [0.15, 0.2) is 151 Å². The molecule has 0 bridgehead atoms. The van der Waals surface area contributed by atoms with E-state index in [1.54, 1.807) is 0 Å². The topological polar surface area (TPSA) is 26.3 Å². The number of fused-ring (bicyclic) bond motifs is 5. The molecule has 2 nitrogen and oxygen atoms in total. The van der Waals surface area contributed by atoms with Gasteiger partial charge in [-0.1, -0.05) is 121 Å². The van der Waals surface area contributed by atoms with E-state index in [1.165, 1.54) is 0 Å². The Morgan fingerprint density at radius 1 is 0.381 bits per heavy atom. The highest BCUT2D eigenvalue weighted by Crippen LogP contribution is 2.51. The van der Waals surface area contributed by atoms with Crippen LogP contribution in [0.25, 0.3) is 77.6 Å². The van der Waals surface area contributed by atoms with Crippen molar-refractivity contribution in [3.05, 3.63) is 142 Å². The molecule has 2 aromatic heterocycles. The maximum Gasteiger partial charge on any atom is 0.144 e. The molecule has 8 aromatic rings. The van der Waals surface area contributed by atoms with Gasteiger partial charge in [0, 0.05) is 52.7 Å². The highest BCUT2D eigenvalue weighted by atomic mass is 79.9. The SMILES string of the molecule is Brc1cc2c(-c3ccccc3)c(-c3ccccc3)oc2c2c(Br)cc3c(-c4ccccc4)c(-c4ccccc4)oc3c12. The van der Waals surface area contributed by atoms with Gasteiger partial charge in [0.2, 0.25) is 0 Å². The molecule has 42 heavy (non-hydrogen) atoms. The second-order valence-electron chi connectivity index (χ2n) is 10.3. The fourth-order valence-corrected chi connectivity index (χ4v) is 7.20. The van der Waals surface area contributed by atoms with E-state index in [4.69, 9.17) is 8.83 Å². The van der Waals surface area contributed by atoms with Crippen molar-refractivity contribution in [1.82, 2.24) is 0 Å². The Hall–Kier alpha value is -4.38. The summed E-state index contributed by atoms with van der Waals surface area (Å²) in [5.74, 6) is 1.69. The van der Waals surface area contributed by atoms with E-state index in [9.17, 15) is 0 Å². The van der Waals surface area contributed by atoms with Gasteiger partial charge >= 0.3 is 0 Å². The average Bonchev–Trinajstić information content (AvgIpc) is 3.61. The highest BCUT2D eigenvalue weighted by molar-refractivity contribution is 9.11. The van der Waals surface area contributed by atoms with Gasteiger partial charge in [-0.15, -0.1) is 0 Å². The molecule has 0 radical (unpaired) electrons. The summed E-state index contributed by atoms with van der Waals surface area (Å²) in [4.78, 5) is 0. The van der Waals surface area contributed by atoms with Gasteiger partial charge in [-0.2, -0.15) is 0 Å². The third kappa shape index (κ3) is 3.98. The Balaban J connectivity index is 1.52. The summed E-state index contributed by atoms with van der Waals surface area (Å²) in [7, 11) is 0. The average molecular weight is 670 g/mol. The van der Waals surface area contributed by atoms with Crippen molar-refractivity contribution in [1.29, 1.82) is 0 Å². The van der Waals surface area contributed by atoms with E-state index in [1.807, 2.05) is 48.5 Å². The molecule has 0 aliphatic heterocycles. The molecule has 0 amide bonds. The van der Waals surface area contributed by atoms with Crippen LogP contribution in [0.4, 0.5) is 0 Å². The molecular formula is C38H22Br2O2. The molecule has 200 valence electrons. The van der Waals surface area contributed by atoms with E-state index in [0.29, 0.717) is 0 Å². The van der Waals surface area contributed by atoms with Gasteiger partial charge in [-0.05, 0) is 55.1 Å². The molecule has 0 saturated carbocycles. The number of hydrogen-bond acceptors (Lipinski definition) is 2. The van der Waals surface area contributed by atoms with Gasteiger partial charge in [0.05, 0.1) is 0 Å². The summed E-state index contributed by atoms with van der Waals surface area (Å²) in [5, 5.41) is 4.02. The van der Waals surface area contributed by atoms with E-state index < -0.39 is 0 Å². The van der Waals surface area contributed by atoms with E-state index in [0.717, 1.165) is 86.6 Å². The van der Waals surface area contributed by atoms with Crippen LogP contribution in [0.1, 0.15) is 0 Å². The molecule has 0 saturated heterocycles. The molecular weight excluding hydrogens is 648 g/mol. The second-order valence-corrected chi connectivity index (χ2v) is 12.0. The smallest absolute Gasteiger partial charge is 0.144 e. The van der Waals surface area contributed by atoms with Gasteiger partial charge in [-0.25, -0.2) is 0 Å². The Morgan fingerprint density at radius 3 is 1.02 bits per heavy atom. The van der Waals surface area contributed by atoms with Gasteiger partial charge < -0.3 is 8.83 Å². The lowest BCUT2D eigenvalue weighted by molar-refractivity contribution is 0.632. The van der Waals surface area contributed by atoms with Gasteiger partial charge in [0.1, 0.15) is 22.7 Å². The van der Waals surface area contributed by atoms with Crippen molar-refractivity contribution < 1.29 is 8.83 Å². The number of rotatable bonds is 4. The van der Waals surface area contributed by atoms with Crippen molar-refractivity contribution >= 4 is 64.6 Å². The molecule has 0 aliphatic rings. The monoisotopic (exact) mass is 668 g/mol. The van der Waals surface area contributed by atoms with E-state index >= 15 is 0 Å². The first-order valence-electron chi connectivity index (χ1n) is 13.7. The van der Waals surface area contributed by atoms with Gasteiger partial charge in [0.15, 0.2) is 0 Å². The normalized spacial score (nSPS) is 11.6. The molecule has 2 heterocycles. The summed E-state index contributed by atoms with van der Waals surface area (Å²) < 4.78 is 15.6. The number of halogens is 2. The largest absolute Gasteiger partial charge is 0.455 e. The van der Waals surface area contributed by atoms with Crippen LogP contribution in [-0.2, 0) is 0 Å².